The van der Waals surface area contributed by atoms with Crippen LogP contribution in [0.25, 0.3) is 0 Å². The number of hydrogen-bond donors (Lipinski definition) is 2. The fourth-order valence-corrected chi connectivity index (χ4v) is 3.66. The van der Waals surface area contributed by atoms with Crippen molar-refractivity contribution >= 4 is 0 Å². The smallest absolute Gasteiger partial charge is 0.0474 e. The average molecular weight is 195 g/mol. The van der Waals surface area contributed by atoms with Gasteiger partial charge in [-0.3, -0.25) is 0 Å². The van der Waals surface area contributed by atoms with E-state index in [0.29, 0.717) is 18.6 Å². The van der Waals surface area contributed by atoms with Crippen molar-refractivity contribution in [3.63, 3.8) is 0 Å². The maximum absolute atomic E-state index is 9.25. The van der Waals surface area contributed by atoms with Gasteiger partial charge in [0.2, 0.25) is 0 Å². The minimum absolute atomic E-state index is 0.387. The van der Waals surface area contributed by atoms with Gasteiger partial charge in [0.1, 0.15) is 0 Å². The summed E-state index contributed by atoms with van der Waals surface area (Å²) in [4.78, 5) is 0. The molecule has 2 nitrogen and oxygen atoms in total. The SMILES string of the molecule is OC[C@@H]1CCC[C@@H]1NC1CCC2CC21. The van der Waals surface area contributed by atoms with Crippen molar-refractivity contribution in [1.82, 2.24) is 5.32 Å². The Morgan fingerprint density at radius 1 is 1.07 bits per heavy atom. The number of hydrogen-bond acceptors (Lipinski definition) is 2. The fraction of sp³-hybridized carbons (Fsp3) is 1.00. The van der Waals surface area contributed by atoms with Gasteiger partial charge in [0.25, 0.3) is 0 Å². The van der Waals surface area contributed by atoms with E-state index < -0.39 is 0 Å². The lowest BCUT2D eigenvalue weighted by Crippen LogP contribution is -2.41. The molecule has 3 unspecified atom stereocenters. The Morgan fingerprint density at radius 2 is 2.00 bits per heavy atom. The summed E-state index contributed by atoms with van der Waals surface area (Å²) in [6, 6.07) is 1.43. The molecule has 5 atom stereocenters. The lowest BCUT2D eigenvalue weighted by molar-refractivity contribution is 0.197. The Labute approximate surface area is 86.1 Å². The minimum atomic E-state index is 0.387. The van der Waals surface area contributed by atoms with Gasteiger partial charge in [-0.15, -0.1) is 0 Å². The Bertz CT molecular complexity index is 218. The normalized spacial score (nSPS) is 50.8. The van der Waals surface area contributed by atoms with E-state index in [0.717, 1.165) is 17.9 Å². The van der Waals surface area contributed by atoms with Gasteiger partial charge in [0.05, 0.1) is 0 Å². The van der Waals surface area contributed by atoms with Crippen molar-refractivity contribution in [2.24, 2.45) is 17.8 Å². The summed E-state index contributed by atoms with van der Waals surface area (Å²) in [6.45, 7) is 0.387. The zero-order valence-electron chi connectivity index (χ0n) is 8.78. The van der Waals surface area contributed by atoms with Crippen LogP contribution in [0.15, 0.2) is 0 Å². The second-order valence-corrected chi connectivity index (χ2v) is 5.49. The van der Waals surface area contributed by atoms with E-state index in [2.05, 4.69) is 5.32 Å². The number of rotatable bonds is 3. The Hall–Kier alpha value is -0.0800. The first-order valence-electron chi connectivity index (χ1n) is 6.25. The van der Waals surface area contributed by atoms with Crippen LogP contribution in [0.3, 0.4) is 0 Å². The van der Waals surface area contributed by atoms with Crippen molar-refractivity contribution in [3.8, 4) is 0 Å². The van der Waals surface area contributed by atoms with Gasteiger partial charge < -0.3 is 10.4 Å². The molecule has 0 heterocycles. The van der Waals surface area contributed by atoms with Crippen molar-refractivity contribution in [2.75, 3.05) is 6.61 Å². The van der Waals surface area contributed by atoms with Gasteiger partial charge in [0.15, 0.2) is 0 Å². The van der Waals surface area contributed by atoms with E-state index in [1.165, 1.54) is 38.5 Å². The van der Waals surface area contributed by atoms with Crippen molar-refractivity contribution in [2.45, 2.75) is 50.6 Å². The van der Waals surface area contributed by atoms with Crippen LogP contribution in [0.2, 0.25) is 0 Å². The zero-order valence-corrected chi connectivity index (χ0v) is 8.78. The van der Waals surface area contributed by atoms with E-state index in [1.807, 2.05) is 0 Å². The van der Waals surface area contributed by atoms with E-state index in [1.54, 1.807) is 0 Å². The Kier molecular flexibility index (Phi) is 2.29. The lowest BCUT2D eigenvalue weighted by Gasteiger charge is -2.24. The third kappa shape index (κ3) is 1.49. The predicted molar refractivity (Wildman–Crippen MR) is 56.0 cm³/mol. The van der Waals surface area contributed by atoms with E-state index in [4.69, 9.17) is 0 Å². The molecule has 0 aromatic heterocycles. The molecule has 0 aliphatic heterocycles. The molecule has 2 N–H and O–H groups in total. The second-order valence-electron chi connectivity index (χ2n) is 5.49. The molecule has 3 fully saturated rings. The number of nitrogens with one attached hydrogen (secondary N) is 1. The quantitative estimate of drug-likeness (QED) is 0.716. The molecule has 0 amide bonds. The lowest BCUT2D eigenvalue weighted by atomic mass is 10.0. The average Bonchev–Trinajstić information content (AvgIpc) is 2.68. The maximum atomic E-state index is 9.25. The monoisotopic (exact) mass is 195 g/mol. The maximum Gasteiger partial charge on any atom is 0.0474 e. The highest BCUT2D eigenvalue weighted by molar-refractivity contribution is 5.02. The molecule has 0 spiro atoms. The molecule has 3 aliphatic rings. The molecule has 2 heteroatoms. The first-order valence-corrected chi connectivity index (χ1v) is 6.25. The van der Waals surface area contributed by atoms with Crippen LogP contribution in [0.4, 0.5) is 0 Å². The third-order valence-corrected chi connectivity index (χ3v) is 4.66. The molecule has 80 valence electrons. The van der Waals surface area contributed by atoms with Gasteiger partial charge in [-0.25, -0.2) is 0 Å². The molecule has 0 aromatic rings. The van der Waals surface area contributed by atoms with Crippen LogP contribution in [0, 0.1) is 17.8 Å². The Morgan fingerprint density at radius 3 is 2.64 bits per heavy atom. The minimum Gasteiger partial charge on any atom is -0.396 e. The molecule has 0 bridgehead atoms. The van der Waals surface area contributed by atoms with Gasteiger partial charge >= 0.3 is 0 Å². The molecule has 0 aromatic carbocycles. The molecule has 14 heavy (non-hydrogen) atoms. The van der Waals surface area contributed by atoms with Gasteiger partial charge in [-0.1, -0.05) is 6.42 Å². The first-order chi connectivity index (χ1) is 6.88. The van der Waals surface area contributed by atoms with Crippen molar-refractivity contribution < 1.29 is 5.11 Å². The molecule has 3 rings (SSSR count). The molecular formula is C12H21NO. The summed E-state index contributed by atoms with van der Waals surface area (Å²) in [5.41, 5.74) is 0. The van der Waals surface area contributed by atoms with Crippen LogP contribution in [-0.4, -0.2) is 23.8 Å². The number of aliphatic hydroxyl groups is 1. The third-order valence-electron chi connectivity index (χ3n) is 4.66. The van der Waals surface area contributed by atoms with E-state index in [9.17, 15) is 5.11 Å². The van der Waals surface area contributed by atoms with Crippen LogP contribution in [-0.2, 0) is 0 Å². The zero-order chi connectivity index (χ0) is 9.54. The van der Waals surface area contributed by atoms with Crippen molar-refractivity contribution in [3.05, 3.63) is 0 Å². The topological polar surface area (TPSA) is 32.3 Å². The van der Waals surface area contributed by atoms with Gasteiger partial charge in [-0.05, 0) is 49.9 Å². The largest absolute Gasteiger partial charge is 0.396 e. The summed E-state index contributed by atoms with van der Waals surface area (Å²) in [5, 5.41) is 13.1. The first kappa shape index (κ1) is 9.17. The molecular weight excluding hydrogens is 174 g/mol. The molecule has 0 saturated heterocycles. The van der Waals surface area contributed by atoms with Gasteiger partial charge in [0, 0.05) is 18.7 Å². The predicted octanol–water partition coefficient (Wildman–Crippen LogP) is 1.54. The molecule has 0 radical (unpaired) electrons. The molecule has 3 aliphatic carbocycles. The van der Waals surface area contributed by atoms with Crippen molar-refractivity contribution in [1.29, 1.82) is 0 Å². The number of aliphatic hydroxyl groups excluding tert-OH is 1. The summed E-state index contributed by atoms with van der Waals surface area (Å²) >= 11 is 0. The standard InChI is InChI=1S/C12H21NO/c14-7-9-2-1-3-11(9)13-12-5-4-8-6-10(8)12/h8-14H,1-7H2/t8?,9-,10?,11-,12?/m0/s1. The van der Waals surface area contributed by atoms with Crippen LogP contribution >= 0.6 is 0 Å². The summed E-state index contributed by atoms with van der Waals surface area (Å²) in [6.07, 6.45) is 8.16. The van der Waals surface area contributed by atoms with Crippen LogP contribution < -0.4 is 5.32 Å². The summed E-state index contributed by atoms with van der Waals surface area (Å²) in [7, 11) is 0. The summed E-state index contributed by atoms with van der Waals surface area (Å²) in [5.74, 6) is 2.63. The highest BCUT2D eigenvalue weighted by atomic mass is 16.3. The molecule has 3 saturated carbocycles. The Balaban J connectivity index is 1.55. The highest BCUT2D eigenvalue weighted by Crippen LogP contribution is 2.52. The van der Waals surface area contributed by atoms with E-state index in [-0.39, 0.29) is 0 Å². The summed E-state index contributed by atoms with van der Waals surface area (Å²) < 4.78 is 0. The van der Waals surface area contributed by atoms with E-state index >= 15 is 0 Å². The van der Waals surface area contributed by atoms with Crippen LogP contribution in [0.1, 0.15) is 38.5 Å². The fourth-order valence-electron chi connectivity index (χ4n) is 3.66. The van der Waals surface area contributed by atoms with Crippen LogP contribution in [0.5, 0.6) is 0 Å². The highest BCUT2D eigenvalue weighted by Gasteiger charge is 2.48. The number of fused-ring (bicyclic) bond motifs is 1. The van der Waals surface area contributed by atoms with Gasteiger partial charge in [-0.2, -0.15) is 0 Å². The second kappa shape index (κ2) is 3.49.